The molecule has 5 nitrogen and oxygen atoms in total. The number of hydrogen-bond acceptors (Lipinski definition) is 3. The summed E-state index contributed by atoms with van der Waals surface area (Å²) in [5.74, 6) is 0.189. The predicted molar refractivity (Wildman–Crippen MR) is 49.0 cm³/mol. The maximum Gasteiger partial charge on any atom is 0.209 e. The number of hydrogen-bond donors (Lipinski definition) is 3. The van der Waals surface area contributed by atoms with Gasteiger partial charge in [-0.3, -0.25) is 0 Å². The lowest BCUT2D eigenvalue weighted by molar-refractivity contribution is 0.475. The zero-order valence-electron chi connectivity index (χ0n) is 6.73. The van der Waals surface area contributed by atoms with E-state index in [0.29, 0.717) is 5.69 Å². The van der Waals surface area contributed by atoms with Gasteiger partial charge >= 0.3 is 0 Å². The van der Waals surface area contributed by atoms with E-state index < -0.39 is 0 Å². The quantitative estimate of drug-likeness (QED) is 0.253. The number of guanidine groups is 1. The van der Waals surface area contributed by atoms with Crippen molar-refractivity contribution in [1.82, 2.24) is 0 Å². The van der Waals surface area contributed by atoms with Gasteiger partial charge in [0.1, 0.15) is 5.75 Å². The second-order valence-electron chi connectivity index (χ2n) is 2.27. The van der Waals surface area contributed by atoms with Gasteiger partial charge in [0.25, 0.3) is 0 Å². The van der Waals surface area contributed by atoms with Gasteiger partial charge in [0, 0.05) is 5.69 Å². The van der Waals surface area contributed by atoms with E-state index in [1.807, 2.05) is 0 Å². The van der Waals surface area contributed by atoms with Crippen LogP contribution in [0.25, 0.3) is 0 Å². The Hall–Kier alpha value is -2.22. The Morgan fingerprint density at radius 3 is 2.62 bits per heavy atom. The summed E-state index contributed by atoms with van der Waals surface area (Å²) in [6.45, 7) is 0. The minimum Gasteiger partial charge on any atom is -0.508 e. The molecule has 0 fully saturated rings. The van der Waals surface area contributed by atoms with Gasteiger partial charge in [0.05, 0.1) is 0 Å². The van der Waals surface area contributed by atoms with E-state index in [1.54, 1.807) is 18.3 Å². The highest BCUT2D eigenvalue weighted by atomic mass is 16.3. The maximum absolute atomic E-state index is 8.95. The summed E-state index contributed by atoms with van der Waals surface area (Å²) >= 11 is 0. The number of phenols is 1. The first-order chi connectivity index (χ1) is 6.22. The Morgan fingerprint density at radius 2 is 2.08 bits per heavy atom. The normalized spacial score (nSPS) is 10.5. The van der Waals surface area contributed by atoms with Crippen LogP contribution < -0.4 is 11.1 Å². The monoisotopic (exact) mass is 176 g/mol. The van der Waals surface area contributed by atoms with Gasteiger partial charge in [0.2, 0.25) is 12.2 Å². The van der Waals surface area contributed by atoms with Gasteiger partial charge < -0.3 is 16.2 Å². The van der Waals surface area contributed by atoms with Crippen molar-refractivity contribution in [2.24, 2.45) is 10.7 Å². The molecule has 0 spiro atoms. The molecule has 0 radical (unpaired) electrons. The van der Waals surface area contributed by atoms with Crippen molar-refractivity contribution in [3.63, 3.8) is 0 Å². The second kappa shape index (κ2) is 3.97. The molecule has 0 bridgehead atoms. The molecule has 0 heterocycles. The molecule has 0 amide bonds. The van der Waals surface area contributed by atoms with Gasteiger partial charge in [-0.2, -0.15) is 5.26 Å². The van der Waals surface area contributed by atoms with E-state index in [9.17, 15) is 0 Å². The fourth-order valence-corrected chi connectivity index (χ4v) is 0.774. The largest absolute Gasteiger partial charge is 0.508 e. The average Bonchev–Trinajstić information content (AvgIpc) is 2.09. The third kappa shape index (κ3) is 2.71. The zero-order chi connectivity index (χ0) is 9.68. The highest BCUT2D eigenvalue weighted by molar-refractivity contribution is 5.92. The van der Waals surface area contributed by atoms with Crippen molar-refractivity contribution in [3.8, 4) is 11.9 Å². The average molecular weight is 176 g/mol. The van der Waals surface area contributed by atoms with Gasteiger partial charge in [-0.05, 0) is 24.3 Å². The van der Waals surface area contributed by atoms with E-state index in [0.717, 1.165) is 0 Å². The molecule has 0 unspecified atom stereocenters. The molecule has 13 heavy (non-hydrogen) atoms. The minimum atomic E-state index is 0.0215. The number of benzene rings is 1. The fourth-order valence-electron chi connectivity index (χ4n) is 0.774. The number of aromatic hydroxyl groups is 1. The number of aliphatic imine (C=N–C) groups is 1. The first-order valence-corrected chi connectivity index (χ1v) is 3.50. The first-order valence-electron chi connectivity index (χ1n) is 3.50. The Labute approximate surface area is 75.1 Å². The van der Waals surface area contributed by atoms with Crippen LogP contribution >= 0.6 is 0 Å². The van der Waals surface area contributed by atoms with Gasteiger partial charge in [0.15, 0.2) is 0 Å². The molecule has 0 atom stereocenters. The number of nitrogens with one attached hydrogen (secondary N) is 1. The van der Waals surface area contributed by atoms with Crippen LogP contribution in [0.1, 0.15) is 0 Å². The third-order valence-electron chi connectivity index (χ3n) is 1.31. The van der Waals surface area contributed by atoms with Crippen LogP contribution in [0.2, 0.25) is 0 Å². The lowest BCUT2D eigenvalue weighted by Gasteiger charge is -2.02. The van der Waals surface area contributed by atoms with E-state index in [4.69, 9.17) is 16.1 Å². The van der Waals surface area contributed by atoms with Gasteiger partial charge in [-0.1, -0.05) is 0 Å². The number of phenolic OH excluding ortho intramolecular Hbond substituents is 1. The molecule has 0 saturated carbocycles. The topological polar surface area (TPSA) is 94.4 Å². The summed E-state index contributed by atoms with van der Waals surface area (Å²) < 4.78 is 0. The van der Waals surface area contributed by atoms with Crippen molar-refractivity contribution < 1.29 is 5.11 Å². The summed E-state index contributed by atoms with van der Waals surface area (Å²) in [5, 5.41) is 19.8. The van der Waals surface area contributed by atoms with Crippen LogP contribution in [0.5, 0.6) is 5.75 Å². The fraction of sp³-hybridized carbons (Fsp3) is 0. The number of nitrogens with two attached hydrogens (primary N) is 1. The smallest absolute Gasteiger partial charge is 0.209 e. The van der Waals surface area contributed by atoms with Crippen LogP contribution in [-0.4, -0.2) is 11.1 Å². The summed E-state index contributed by atoms with van der Waals surface area (Å²) in [5.41, 5.74) is 5.97. The molecule has 0 aliphatic rings. The zero-order valence-corrected chi connectivity index (χ0v) is 6.73. The molecule has 1 aromatic rings. The predicted octanol–water partition coefficient (Wildman–Crippen LogP) is 0.600. The third-order valence-corrected chi connectivity index (χ3v) is 1.31. The molecule has 66 valence electrons. The molecule has 0 aliphatic carbocycles. The Kier molecular flexibility index (Phi) is 2.71. The number of anilines is 1. The molecule has 1 aromatic carbocycles. The van der Waals surface area contributed by atoms with Crippen LogP contribution in [-0.2, 0) is 0 Å². The summed E-state index contributed by atoms with van der Waals surface area (Å²) in [7, 11) is 0. The van der Waals surface area contributed by atoms with Crippen LogP contribution in [0, 0.1) is 11.5 Å². The highest BCUT2D eigenvalue weighted by Gasteiger charge is 1.93. The Morgan fingerprint density at radius 1 is 1.46 bits per heavy atom. The SMILES string of the molecule is N#CN=C(N)Nc1ccc(O)cc1. The first kappa shape index (κ1) is 8.87. The standard InChI is InChI=1S/C8H8N4O/c9-5-11-8(10)12-6-1-3-7(13)4-2-6/h1-4,13H,(H3,10,11,12). The minimum absolute atomic E-state index is 0.0215. The summed E-state index contributed by atoms with van der Waals surface area (Å²) in [6, 6.07) is 6.24. The molecule has 0 aromatic heterocycles. The van der Waals surface area contributed by atoms with Gasteiger partial charge in [-0.25, -0.2) is 0 Å². The van der Waals surface area contributed by atoms with E-state index >= 15 is 0 Å². The highest BCUT2D eigenvalue weighted by Crippen LogP contribution is 2.12. The van der Waals surface area contributed by atoms with E-state index in [2.05, 4.69) is 10.3 Å². The Bertz CT molecular complexity index is 349. The van der Waals surface area contributed by atoms with Crippen molar-refractivity contribution in [1.29, 1.82) is 5.26 Å². The molecular formula is C8H8N4O. The molecule has 0 aliphatic heterocycles. The van der Waals surface area contributed by atoms with E-state index in [-0.39, 0.29) is 11.7 Å². The number of rotatable bonds is 1. The molecule has 0 saturated heterocycles. The molecule has 5 heteroatoms. The number of nitrogens with zero attached hydrogens (tertiary/aromatic N) is 2. The second-order valence-corrected chi connectivity index (χ2v) is 2.27. The van der Waals surface area contributed by atoms with Crippen molar-refractivity contribution >= 4 is 11.6 Å². The van der Waals surface area contributed by atoms with Crippen LogP contribution in [0.3, 0.4) is 0 Å². The number of nitriles is 1. The maximum atomic E-state index is 8.95. The van der Waals surface area contributed by atoms with Crippen molar-refractivity contribution in [3.05, 3.63) is 24.3 Å². The molecular weight excluding hydrogens is 168 g/mol. The summed E-state index contributed by atoms with van der Waals surface area (Å²) in [6.07, 6.45) is 1.55. The van der Waals surface area contributed by atoms with Crippen molar-refractivity contribution in [2.45, 2.75) is 0 Å². The van der Waals surface area contributed by atoms with Gasteiger partial charge in [-0.15, -0.1) is 4.99 Å². The lowest BCUT2D eigenvalue weighted by Crippen LogP contribution is -2.21. The van der Waals surface area contributed by atoms with Crippen LogP contribution in [0.4, 0.5) is 5.69 Å². The molecule has 4 N–H and O–H groups in total. The van der Waals surface area contributed by atoms with E-state index in [1.165, 1.54) is 12.1 Å². The lowest BCUT2D eigenvalue weighted by atomic mass is 10.3. The summed E-state index contributed by atoms with van der Waals surface area (Å²) in [4.78, 5) is 3.27. The Balaban J connectivity index is 2.71. The molecule has 1 rings (SSSR count). The van der Waals surface area contributed by atoms with Crippen molar-refractivity contribution in [2.75, 3.05) is 5.32 Å². The van der Waals surface area contributed by atoms with Crippen LogP contribution in [0.15, 0.2) is 29.3 Å².